The van der Waals surface area contributed by atoms with Crippen molar-refractivity contribution in [3.8, 4) is 0 Å². The van der Waals surface area contributed by atoms with Gasteiger partial charge in [0.2, 0.25) is 0 Å². The lowest BCUT2D eigenvalue weighted by molar-refractivity contribution is -0.116. The van der Waals surface area contributed by atoms with E-state index in [2.05, 4.69) is 15.9 Å². The van der Waals surface area contributed by atoms with Crippen LogP contribution in [0.2, 0.25) is 0 Å². The zero-order chi connectivity index (χ0) is 13.8. The molecule has 0 aliphatic heterocycles. The van der Waals surface area contributed by atoms with Gasteiger partial charge in [0.15, 0.2) is 0 Å². The number of hydrogen-bond acceptors (Lipinski definition) is 2. The van der Waals surface area contributed by atoms with E-state index in [9.17, 15) is 9.59 Å². The van der Waals surface area contributed by atoms with E-state index in [1.54, 1.807) is 23.8 Å². The van der Waals surface area contributed by atoms with E-state index in [0.717, 1.165) is 15.6 Å². The van der Waals surface area contributed by atoms with Crippen molar-refractivity contribution in [1.82, 2.24) is 4.57 Å². The molecule has 3 nitrogen and oxygen atoms in total. The fourth-order valence-corrected chi connectivity index (χ4v) is 2.33. The van der Waals surface area contributed by atoms with Crippen LogP contribution in [0.1, 0.15) is 18.1 Å². The maximum Gasteiger partial charge on any atom is 0.250 e. The first-order valence-corrected chi connectivity index (χ1v) is 6.77. The van der Waals surface area contributed by atoms with Gasteiger partial charge < -0.3 is 4.57 Å². The van der Waals surface area contributed by atoms with Crippen LogP contribution in [-0.2, 0) is 17.8 Å². The molecule has 2 aromatic rings. The molecule has 0 saturated carbocycles. The second-order valence-electron chi connectivity index (χ2n) is 4.51. The van der Waals surface area contributed by atoms with E-state index in [1.165, 1.54) is 6.07 Å². The van der Waals surface area contributed by atoms with E-state index < -0.39 is 0 Å². The Hall–Kier alpha value is -1.68. The zero-order valence-electron chi connectivity index (χ0n) is 10.6. The topological polar surface area (TPSA) is 39.1 Å². The highest BCUT2D eigenvalue weighted by Gasteiger charge is 2.02. The van der Waals surface area contributed by atoms with Crippen LogP contribution in [0.4, 0.5) is 0 Å². The number of rotatable bonds is 4. The third kappa shape index (κ3) is 3.89. The second kappa shape index (κ2) is 5.97. The molecule has 0 amide bonds. The molecule has 4 heteroatoms. The largest absolute Gasteiger partial charge is 0.310 e. The van der Waals surface area contributed by atoms with Gasteiger partial charge >= 0.3 is 0 Å². The van der Waals surface area contributed by atoms with Crippen LogP contribution in [0.3, 0.4) is 0 Å². The van der Waals surface area contributed by atoms with Gasteiger partial charge in [-0.05, 0) is 40.0 Å². The van der Waals surface area contributed by atoms with E-state index in [4.69, 9.17) is 0 Å². The van der Waals surface area contributed by atoms with Crippen molar-refractivity contribution in [2.75, 3.05) is 0 Å². The fourth-order valence-electron chi connectivity index (χ4n) is 1.95. The summed E-state index contributed by atoms with van der Waals surface area (Å²) in [6, 6.07) is 11.0. The molecule has 1 aromatic heterocycles. The summed E-state index contributed by atoms with van der Waals surface area (Å²) in [4.78, 5) is 22.8. The van der Waals surface area contributed by atoms with Gasteiger partial charge in [-0.15, -0.1) is 0 Å². The number of pyridine rings is 1. The number of halogens is 1. The van der Waals surface area contributed by atoms with Crippen LogP contribution in [0.5, 0.6) is 0 Å². The average molecular weight is 320 g/mol. The summed E-state index contributed by atoms with van der Waals surface area (Å²) >= 11 is 3.35. The summed E-state index contributed by atoms with van der Waals surface area (Å²) in [6.07, 6.45) is 2.20. The molecule has 19 heavy (non-hydrogen) atoms. The predicted octanol–water partition coefficient (Wildman–Crippen LogP) is 2.79. The zero-order valence-corrected chi connectivity index (χ0v) is 12.2. The smallest absolute Gasteiger partial charge is 0.250 e. The maximum atomic E-state index is 11.7. The van der Waals surface area contributed by atoms with Gasteiger partial charge in [0, 0.05) is 23.2 Å². The minimum atomic E-state index is -0.0415. The van der Waals surface area contributed by atoms with E-state index in [-0.39, 0.29) is 11.3 Å². The van der Waals surface area contributed by atoms with E-state index in [1.807, 2.05) is 24.3 Å². The number of aromatic nitrogens is 1. The number of Topliss-reactive ketones (excluding diaryl/α,β-unsaturated/α-hetero) is 1. The molecule has 0 atom stereocenters. The van der Waals surface area contributed by atoms with Gasteiger partial charge in [-0.1, -0.05) is 24.3 Å². The molecule has 1 aromatic carbocycles. The molecule has 0 aliphatic carbocycles. The minimum absolute atomic E-state index is 0.0415. The van der Waals surface area contributed by atoms with Gasteiger partial charge in [0.05, 0.1) is 6.54 Å². The van der Waals surface area contributed by atoms with Gasteiger partial charge in [0.25, 0.3) is 5.56 Å². The van der Waals surface area contributed by atoms with Crippen LogP contribution in [-0.4, -0.2) is 10.4 Å². The average Bonchev–Trinajstić information content (AvgIpc) is 2.33. The highest BCUT2D eigenvalue weighted by Crippen LogP contribution is 2.10. The van der Waals surface area contributed by atoms with Gasteiger partial charge in [0.1, 0.15) is 5.78 Å². The van der Waals surface area contributed by atoms with Crippen LogP contribution in [0, 0.1) is 0 Å². The molecule has 0 spiro atoms. The number of nitrogens with zero attached hydrogens (tertiary/aromatic N) is 1. The van der Waals surface area contributed by atoms with Crippen molar-refractivity contribution < 1.29 is 4.79 Å². The molecule has 2 rings (SSSR count). The molecule has 0 bridgehead atoms. The number of carbonyl (C=O) groups excluding carboxylic acids is 1. The summed E-state index contributed by atoms with van der Waals surface area (Å²) in [5.41, 5.74) is 1.95. The Bertz CT molecular complexity index is 661. The molecule has 1 heterocycles. The summed E-state index contributed by atoms with van der Waals surface area (Å²) in [5.74, 6) is 0.136. The summed E-state index contributed by atoms with van der Waals surface area (Å²) in [5, 5.41) is 0. The first-order valence-electron chi connectivity index (χ1n) is 5.98. The lowest BCUT2D eigenvalue weighted by Crippen LogP contribution is -2.18. The number of ketones is 1. The third-order valence-corrected chi connectivity index (χ3v) is 3.21. The molecule has 0 unspecified atom stereocenters. The highest BCUT2D eigenvalue weighted by molar-refractivity contribution is 9.10. The van der Waals surface area contributed by atoms with Gasteiger partial charge in [-0.2, -0.15) is 0 Å². The monoisotopic (exact) mass is 319 g/mol. The normalized spacial score (nSPS) is 10.4. The molecule has 0 saturated heterocycles. The maximum absolute atomic E-state index is 11.7. The second-order valence-corrected chi connectivity index (χ2v) is 5.43. The highest BCUT2D eigenvalue weighted by atomic mass is 79.9. The van der Waals surface area contributed by atoms with Crippen molar-refractivity contribution in [1.29, 1.82) is 0 Å². The van der Waals surface area contributed by atoms with Crippen molar-refractivity contribution in [3.63, 3.8) is 0 Å². The molecule has 0 aliphatic rings. The Morgan fingerprint density at radius 3 is 2.68 bits per heavy atom. The minimum Gasteiger partial charge on any atom is -0.310 e. The van der Waals surface area contributed by atoms with E-state index >= 15 is 0 Å². The predicted molar refractivity (Wildman–Crippen MR) is 78.3 cm³/mol. The molecule has 0 N–H and O–H groups in total. The molecular weight excluding hydrogens is 306 g/mol. The molecule has 0 fully saturated rings. The lowest BCUT2D eigenvalue weighted by atomic mass is 10.1. The van der Waals surface area contributed by atoms with Crippen LogP contribution in [0.25, 0.3) is 0 Å². The Morgan fingerprint density at radius 1 is 1.21 bits per heavy atom. The first-order chi connectivity index (χ1) is 9.04. The van der Waals surface area contributed by atoms with E-state index in [0.29, 0.717) is 13.0 Å². The quantitative estimate of drug-likeness (QED) is 0.869. The number of hydrogen-bond donors (Lipinski definition) is 0. The summed E-state index contributed by atoms with van der Waals surface area (Å²) in [6.45, 7) is 2.08. The fraction of sp³-hybridized carbons (Fsp3) is 0.200. The Kier molecular flexibility index (Phi) is 4.32. The van der Waals surface area contributed by atoms with Crippen LogP contribution in [0.15, 0.2) is 51.9 Å². The summed E-state index contributed by atoms with van der Waals surface area (Å²) in [7, 11) is 0. The van der Waals surface area contributed by atoms with Crippen molar-refractivity contribution in [3.05, 3.63) is 68.5 Å². The molecule has 98 valence electrons. The summed E-state index contributed by atoms with van der Waals surface area (Å²) < 4.78 is 2.50. The van der Waals surface area contributed by atoms with Gasteiger partial charge in [-0.3, -0.25) is 9.59 Å². The molecule has 0 radical (unpaired) electrons. The van der Waals surface area contributed by atoms with Crippen molar-refractivity contribution >= 4 is 21.7 Å². The lowest BCUT2D eigenvalue weighted by Gasteiger charge is -2.07. The molecular formula is C15H14BrNO2. The van der Waals surface area contributed by atoms with Crippen LogP contribution >= 0.6 is 15.9 Å². The Morgan fingerprint density at radius 2 is 1.95 bits per heavy atom. The van der Waals surface area contributed by atoms with Gasteiger partial charge in [-0.25, -0.2) is 0 Å². The van der Waals surface area contributed by atoms with Crippen LogP contribution < -0.4 is 5.56 Å². The van der Waals surface area contributed by atoms with Crippen molar-refractivity contribution in [2.45, 2.75) is 19.9 Å². The number of carbonyl (C=O) groups is 1. The Balaban J connectivity index is 2.25. The van der Waals surface area contributed by atoms with Crippen molar-refractivity contribution in [2.24, 2.45) is 0 Å². The Labute approximate surface area is 120 Å². The first kappa shape index (κ1) is 13.7. The third-order valence-electron chi connectivity index (χ3n) is 2.74. The number of benzene rings is 1. The SMILES string of the molecule is CC(=O)Cc1cccc(Cn2cc(Br)ccc2=O)c1. The standard InChI is InChI=1S/C15H14BrNO2/c1-11(18)7-12-3-2-4-13(8-12)9-17-10-14(16)5-6-15(17)19/h2-6,8,10H,7,9H2,1H3.